The normalized spacial score (nSPS) is 10.8. The molecule has 16 heavy (non-hydrogen) atoms. The molecule has 2 aromatic rings. The lowest BCUT2D eigenvalue weighted by molar-refractivity contribution is 0.375. The highest BCUT2D eigenvalue weighted by molar-refractivity contribution is 7.11. The van der Waals surface area contributed by atoms with E-state index in [9.17, 15) is 0 Å². The maximum atomic E-state index is 4.90. The Kier molecular flexibility index (Phi) is 4.01. The first kappa shape index (κ1) is 11.2. The predicted molar refractivity (Wildman–Crippen MR) is 61.2 cm³/mol. The molecule has 2 rings (SSSR count). The number of rotatable bonds is 6. The van der Waals surface area contributed by atoms with Crippen molar-refractivity contribution in [2.24, 2.45) is 0 Å². The molecule has 0 radical (unpaired) electrons. The fourth-order valence-corrected chi connectivity index (χ4v) is 2.14. The molecule has 86 valence electrons. The Hall–Kier alpha value is -1.27. The smallest absolute Gasteiger partial charge is 0.227 e. The molecule has 0 saturated heterocycles. The zero-order valence-electron chi connectivity index (χ0n) is 9.14. The number of nitrogens with one attached hydrogen (secondary N) is 1. The maximum absolute atomic E-state index is 4.90. The van der Waals surface area contributed by atoms with Crippen molar-refractivity contribution in [2.45, 2.75) is 26.3 Å². The minimum atomic E-state index is 0.672. The summed E-state index contributed by atoms with van der Waals surface area (Å²) in [6, 6.07) is 0. The third-order valence-electron chi connectivity index (χ3n) is 2.13. The average Bonchev–Trinajstić information content (AvgIpc) is 2.95. The second-order valence-corrected chi connectivity index (χ2v) is 4.54. The maximum Gasteiger partial charge on any atom is 0.227 e. The Morgan fingerprint density at radius 2 is 2.38 bits per heavy atom. The Balaban J connectivity index is 1.68. The van der Waals surface area contributed by atoms with Crippen LogP contribution in [0.2, 0.25) is 0 Å². The van der Waals surface area contributed by atoms with Gasteiger partial charge in [0.2, 0.25) is 5.89 Å². The van der Waals surface area contributed by atoms with Crippen LogP contribution in [0, 0.1) is 0 Å². The van der Waals surface area contributed by atoms with E-state index >= 15 is 0 Å². The molecular weight excluding hydrogens is 224 g/mol. The van der Waals surface area contributed by atoms with Gasteiger partial charge in [-0.3, -0.25) is 0 Å². The van der Waals surface area contributed by atoms with Gasteiger partial charge in [-0.1, -0.05) is 12.1 Å². The quantitative estimate of drug-likeness (QED) is 0.771. The molecule has 0 unspecified atom stereocenters. The van der Waals surface area contributed by atoms with E-state index < -0.39 is 0 Å². The molecule has 5 nitrogen and oxygen atoms in total. The van der Waals surface area contributed by atoms with Gasteiger partial charge in [0, 0.05) is 30.6 Å². The van der Waals surface area contributed by atoms with Crippen molar-refractivity contribution in [3.8, 4) is 0 Å². The molecule has 0 amide bonds. The fourth-order valence-electron chi connectivity index (χ4n) is 1.31. The van der Waals surface area contributed by atoms with Crippen LogP contribution in [0.5, 0.6) is 0 Å². The van der Waals surface area contributed by atoms with E-state index in [-0.39, 0.29) is 0 Å². The van der Waals surface area contributed by atoms with Gasteiger partial charge in [-0.25, -0.2) is 4.98 Å². The van der Waals surface area contributed by atoms with Crippen molar-refractivity contribution in [2.75, 3.05) is 6.54 Å². The SMILES string of the molecule is CCc1ncc(CNCCc2ncno2)s1. The standard InChI is InChI=1S/C10H14N4OS/c1-2-10-12-6-8(16-10)5-11-4-3-9-13-7-14-15-9/h6-7,11H,2-5H2,1H3. The van der Waals surface area contributed by atoms with E-state index in [1.54, 1.807) is 11.3 Å². The van der Waals surface area contributed by atoms with Crippen molar-refractivity contribution >= 4 is 11.3 Å². The summed E-state index contributed by atoms with van der Waals surface area (Å²) in [6.45, 7) is 3.80. The highest BCUT2D eigenvalue weighted by atomic mass is 32.1. The Labute approximate surface area is 97.9 Å². The van der Waals surface area contributed by atoms with Gasteiger partial charge in [-0.2, -0.15) is 4.98 Å². The second kappa shape index (κ2) is 5.72. The van der Waals surface area contributed by atoms with Crippen molar-refractivity contribution < 1.29 is 4.52 Å². The molecule has 0 saturated carbocycles. The summed E-state index contributed by atoms with van der Waals surface area (Å²) in [5.74, 6) is 0.672. The van der Waals surface area contributed by atoms with Crippen LogP contribution in [-0.2, 0) is 19.4 Å². The lowest BCUT2D eigenvalue weighted by Gasteiger charge is -1.98. The summed E-state index contributed by atoms with van der Waals surface area (Å²) < 4.78 is 4.90. The molecule has 1 N–H and O–H groups in total. The highest BCUT2D eigenvalue weighted by Crippen LogP contribution is 2.12. The van der Waals surface area contributed by atoms with Crippen LogP contribution in [0.1, 0.15) is 22.7 Å². The van der Waals surface area contributed by atoms with Crippen LogP contribution in [0.4, 0.5) is 0 Å². The van der Waals surface area contributed by atoms with E-state index in [0.717, 1.165) is 25.9 Å². The molecule has 0 aliphatic rings. The van der Waals surface area contributed by atoms with Crippen LogP contribution in [-0.4, -0.2) is 21.7 Å². The first-order chi connectivity index (χ1) is 7.88. The summed E-state index contributed by atoms with van der Waals surface area (Å²) in [5.41, 5.74) is 0. The number of nitrogens with zero attached hydrogens (tertiary/aromatic N) is 3. The molecule has 0 aliphatic heterocycles. The third-order valence-corrected chi connectivity index (χ3v) is 3.27. The van der Waals surface area contributed by atoms with E-state index in [2.05, 4.69) is 27.4 Å². The zero-order valence-corrected chi connectivity index (χ0v) is 9.96. The Morgan fingerprint density at radius 3 is 3.06 bits per heavy atom. The lowest BCUT2D eigenvalue weighted by atomic mass is 10.4. The van der Waals surface area contributed by atoms with Crippen LogP contribution in [0.3, 0.4) is 0 Å². The summed E-state index contributed by atoms with van der Waals surface area (Å²) in [6.07, 6.45) is 5.13. The van der Waals surface area contributed by atoms with Crippen molar-refractivity contribution in [3.05, 3.63) is 28.3 Å². The topological polar surface area (TPSA) is 63.8 Å². The van der Waals surface area contributed by atoms with E-state index in [4.69, 9.17) is 4.52 Å². The van der Waals surface area contributed by atoms with Gasteiger partial charge in [0.25, 0.3) is 0 Å². The first-order valence-electron chi connectivity index (χ1n) is 5.28. The van der Waals surface area contributed by atoms with Gasteiger partial charge >= 0.3 is 0 Å². The van der Waals surface area contributed by atoms with Crippen LogP contribution < -0.4 is 5.32 Å². The minimum absolute atomic E-state index is 0.672. The van der Waals surface area contributed by atoms with Gasteiger partial charge in [-0.05, 0) is 6.42 Å². The largest absolute Gasteiger partial charge is 0.340 e. The summed E-state index contributed by atoms with van der Waals surface area (Å²) >= 11 is 1.76. The Bertz CT molecular complexity index is 412. The predicted octanol–water partition coefficient (Wildman–Crippen LogP) is 1.42. The molecule has 6 heteroatoms. The number of aryl methyl sites for hydroxylation is 1. The molecular formula is C10H14N4OS. The summed E-state index contributed by atoms with van der Waals surface area (Å²) in [5, 5.41) is 8.06. The molecule has 0 bridgehead atoms. The molecule has 2 heterocycles. The number of hydrogen-bond acceptors (Lipinski definition) is 6. The second-order valence-electron chi connectivity index (χ2n) is 3.34. The monoisotopic (exact) mass is 238 g/mol. The Morgan fingerprint density at radius 1 is 1.44 bits per heavy atom. The van der Waals surface area contributed by atoms with E-state index in [1.807, 2.05) is 6.20 Å². The van der Waals surface area contributed by atoms with Crippen molar-refractivity contribution in [1.29, 1.82) is 0 Å². The van der Waals surface area contributed by atoms with Gasteiger partial charge in [0.15, 0.2) is 6.33 Å². The van der Waals surface area contributed by atoms with Crippen molar-refractivity contribution in [1.82, 2.24) is 20.4 Å². The fraction of sp³-hybridized carbons (Fsp3) is 0.500. The molecule has 0 fully saturated rings. The van der Waals surface area contributed by atoms with Crippen LogP contribution in [0.25, 0.3) is 0 Å². The zero-order chi connectivity index (χ0) is 11.2. The van der Waals surface area contributed by atoms with Crippen LogP contribution in [0.15, 0.2) is 17.0 Å². The molecule has 0 spiro atoms. The number of hydrogen-bond donors (Lipinski definition) is 1. The molecule has 0 aliphatic carbocycles. The number of aromatic nitrogens is 3. The lowest BCUT2D eigenvalue weighted by Crippen LogP contribution is -2.16. The highest BCUT2D eigenvalue weighted by Gasteiger charge is 2.01. The van der Waals surface area contributed by atoms with E-state index in [0.29, 0.717) is 5.89 Å². The van der Waals surface area contributed by atoms with Gasteiger partial charge in [0.05, 0.1) is 5.01 Å². The van der Waals surface area contributed by atoms with E-state index in [1.165, 1.54) is 16.2 Å². The van der Waals surface area contributed by atoms with Gasteiger partial charge in [0.1, 0.15) is 0 Å². The van der Waals surface area contributed by atoms with Gasteiger partial charge < -0.3 is 9.84 Å². The summed E-state index contributed by atoms with van der Waals surface area (Å²) in [7, 11) is 0. The average molecular weight is 238 g/mol. The minimum Gasteiger partial charge on any atom is -0.340 e. The third kappa shape index (κ3) is 3.11. The number of thiazole rings is 1. The van der Waals surface area contributed by atoms with Crippen molar-refractivity contribution in [3.63, 3.8) is 0 Å². The molecule has 0 atom stereocenters. The van der Waals surface area contributed by atoms with Gasteiger partial charge in [-0.15, -0.1) is 11.3 Å². The van der Waals surface area contributed by atoms with Crippen LogP contribution >= 0.6 is 11.3 Å². The molecule has 2 aromatic heterocycles. The summed E-state index contributed by atoms with van der Waals surface area (Å²) in [4.78, 5) is 9.52. The molecule has 0 aromatic carbocycles. The first-order valence-corrected chi connectivity index (χ1v) is 6.10.